The molecule has 0 unspecified atom stereocenters. The molecule has 1 aromatic carbocycles. The molecule has 1 aliphatic rings. The van der Waals surface area contributed by atoms with E-state index in [0.29, 0.717) is 22.2 Å². The van der Waals surface area contributed by atoms with Crippen molar-refractivity contribution in [1.29, 1.82) is 0 Å². The van der Waals surface area contributed by atoms with Gasteiger partial charge >= 0.3 is 5.97 Å². The molecule has 0 fully saturated rings. The van der Waals surface area contributed by atoms with Crippen molar-refractivity contribution in [1.82, 2.24) is 0 Å². The van der Waals surface area contributed by atoms with Crippen molar-refractivity contribution in [3.8, 4) is 0 Å². The van der Waals surface area contributed by atoms with Gasteiger partial charge in [-0.05, 0) is 55.4 Å². The molecule has 0 saturated carbocycles. The lowest BCUT2D eigenvalue weighted by molar-refractivity contribution is -0.115. The van der Waals surface area contributed by atoms with Gasteiger partial charge in [0.1, 0.15) is 5.00 Å². The van der Waals surface area contributed by atoms with Gasteiger partial charge in [0.2, 0.25) is 5.91 Å². The molecule has 1 N–H and O–H groups in total. The van der Waals surface area contributed by atoms with Gasteiger partial charge in [0.25, 0.3) is 0 Å². The molecule has 0 saturated heterocycles. The van der Waals surface area contributed by atoms with Crippen LogP contribution in [0.25, 0.3) is 0 Å². The van der Waals surface area contributed by atoms with Crippen LogP contribution in [0.15, 0.2) is 24.3 Å². The first-order chi connectivity index (χ1) is 12.6. The smallest absolute Gasteiger partial charge is 0.341 e. The number of anilines is 1. The lowest BCUT2D eigenvalue weighted by atomic mass is 9.95. The topological polar surface area (TPSA) is 55.4 Å². The summed E-state index contributed by atoms with van der Waals surface area (Å²) < 4.78 is 5.36. The standard InChI is InChI=1S/C20H22ClNO3S/c1-2-11-25-20(24)18-15-5-3-4-6-16(15)26-19(18)22-17(23)12-13-7-9-14(21)10-8-13/h7-10H,2-6,11-12H2,1H3,(H,22,23). The first-order valence-electron chi connectivity index (χ1n) is 8.94. The summed E-state index contributed by atoms with van der Waals surface area (Å²) >= 11 is 7.39. The fourth-order valence-electron chi connectivity index (χ4n) is 3.10. The molecule has 0 atom stereocenters. The van der Waals surface area contributed by atoms with Gasteiger partial charge in [0.05, 0.1) is 18.6 Å². The Morgan fingerprint density at radius 2 is 1.92 bits per heavy atom. The normalized spacial score (nSPS) is 13.2. The van der Waals surface area contributed by atoms with Crippen LogP contribution in [0.5, 0.6) is 0 Å². The van der Waals surface area contributed by atoms with E-state index in [-0.39, 0.29) is 18.3 Å². The van der Waals surface area contributed by atoms with Crippen molar-refractivity contribution in [2.45, 2.75) is 45.4 Å². The number of ether oxygens (including phenoxy) is 1. The Bertz CT molecular complexity index is 798. The van der Waals surface area contributed by atoms with Crippen molar-refractivity contribution in [2.24, 2.45) is 0 Å². The van der Waals surface area contributed by atoms with E-state index in [1.807, 2.05) is 19.1 Å². The minimum atomic E-state index is -0.326. The highest BCUT2D eigenvalue weighted by molar-refractivity contribution is 7.17. The fourth-order valence-corrected chi connectivity index (χ4v) is 4.51. The minimum Gasteiger partial charge on any atom is -0.462 e. The van der Waals surface area contributed by atoms with Crippen molar-refractivity contribution >= 4 is 39.8 Å². The monoisotopic (exact) mass is 391 g/mol. The number of hydrogen-bond acceptors (Lipinski definition) is 4. The Balaban J connectivity index is 1.79. The van der Waals surface area contributed by atoms with Crippen molar-refractivity contribution < 1.29 is 14.3 Å². The summed E-state index contributed by atoms with van der Waals surface area (Å²) in [7, 11) is 0. The van der Waals surface area contributed by atoms with E-state index >= 15 is 0 Å². The summed E-state index contributed by atoms with van der Waals surface area (Å²) in [6.45, 7) is 2.35. The molecule has 3 rings (SSSR count). The van der Waals surface area contributed by atoms with Crippen LogP contribution in [0.3, 0.4) is 0 Å². The average Bonchev–Trinajstić information content (AvgIpc) is 2.99. The third-order valence-corrected chi connectivity index (χ3v) is 5.80. The zero-order valence-corrected chi connectivity index (χ0v) is 16.3. The lowest BCUT2D eigenvalue weighted by Gasteiger charge is -2.12. The van der Waals surface area contributed by atoms with Crippen LogP contribution >= 0.6 is 22.9 Å². The van der Waals surface area contributed by atoms with Crippen LogP contribution in [0.1, 0.15) is 52.5 Å². The van der Waals surface area contributed by atoms with Crippen molar-refractivity contribution in [3.63, 3.8) is 0 Å². The molecule has 4 nitrogen and oxygen atoms in total. The van der Waals surface area contributed by atoms with Gasteiger partial charge in [0, 0.05) is 9.90 Å². The first-order valence-corrected chi connectivity index (χ1v) is 10.1. The van der Waals surface area contributed by atoms with E-state index in [1.165, 1.54) is 16.2 Å². The van der Waals surface area contributed by atoms with Gasteiger partial charge in [-0.1, -0.05) is 30.7 Å². The number of carbonyl (C=O) groups excluding carboxylic acids is 2. The van der Waals surface area contributed by atoms with Crippen molar-refractivity contribution in [3.05, 3.63) is 50.9 Å². The predicted molar refractivity (Wildman–Crippen MR) is 105 cm³/mol. The zero-order valence-electron chi connectivity index (χ0n) is 14.8. The molecule has 0 spiro atoms. The highest BCUT2D eigenvalue weighted by Gasteiger charge is 2.27. The van der Waals surface area contributed by atoms with E-state index in [1.54, 1.807) is 12.1 Å². The van der Waals surface area contributed by atoms with Crippen LogP contribution in [-0.2, 0) is 28.8 Å². The fraction of sp³-hybridized carbons (Fsp3) is 0.400. The Hall–Kier alpha value is -1.85. The number of nitrogens with one attached hydrogen (secondary N) is 1. The zero-order chi connectivity index (χ0) is 18.5. The first kappa shape index (κ1) is 18.9. The predicted octanol–water partition coefficient (Wildman–Crippen LogP) is 5.03. The Morgan fingerprint density at radius 3 is 2.65 bits per heavy atom. The molecule has 1 heterocycles. The molecular weight excluding hydrogens is 370 g/mol. The molecule has 138 valence electrons. The van der Waals surface area contributed by atoms with E-state index in [4.69, 9.17) is 16.3 Å². The number of amides is 1. The van der Waals surface area contributed by atoms with Crippen LogP contribution in [0.4, 0.5) is 5.00 Å². The third kappa shape index (κ3) is 4.46. The number of esters is 1. The molecule has 6 heteroatoms. The maximum Gasteiger partial charge on any atom is 0.341 e. The Labute approximate surface area is 162 Å². The third-order valence-electron chi connectivity index (χ3n) is 4.34. The minimum absolute atomic E-state index is 0.143. The second-order valence-corrected chi connectivity index (χ2v) is 7.94. The maximum atomic E-state index is 12.6. The van der Waals surface area contributed by atoms with Crippen LogP contribution in [-0.4, -0.2) is 18.5 Å². The van der Waals surface area contributed by atoms with Crippen molar-refractivity contribution in [2.75, 3.05) is 11.9 Å². The number of aryl methyl sites for hydroxylation is 1. The number of thiophene rings is 1. The summed E-state index contributed by atoms with van der Waals surface area (Å²) in [6, 6.07) is 7.19. The molecule has 2 aromatic rings. The number of halogens is 1. The quantitative estimate of drug-likeness (QED) is 0.702. The van der Waals surface area contributed by atoms with E-state index in [9.17, 15) is 9.59 Å². The largest absolute Gasteiger partial charge is 0.462 e. The lowest BCUT2D eigenvalue weighted by Crippen LogP contribution is -2.17. The van der Waals surface area contributed by atoms with Crippen LogP contribution in [0.2, 0.25) is 5.02 Å². The molecule has 0 bridgehead atoms. The summed E-state index contributed by atoms with van der Waals surface area (Å²) in [5.74, 6) is -0.469. The van der Waals surface area contributed by atoms with Gasteiger partial charge in [-0.3, -0.25) is 4.79 Å². The Morgan fingerprint density at radius 1 is 1.19 bits per heavy atom. The number of hydrogen-bond donors (Lipinski definition) is 1. The maximum absolute atomic E-state index is 12.6. The summed E-state index contributed by atoms with van der Waals surface area (Å²) in [5, 5.41) is 4.20. The molecule has 26 heavy (non-hydrogen) atoms. The average molecular weight is 392 g/mol. The number of benzene rings is 1. The van der Waals surface area contributed by atoms with Gasteiger partial charge in [0.15, 0.2) is 0 Å². The van der Waals surface area contributed by atoms with Crippen LogP contribution < -0.4 is 5.32 Å². The van der Waals surface area contributed by atoms with Gasteiger partial charge in [-0.15, -0.1) is 11.3 Å². The Kier molecular flexibility index (Phi) is 6.33. The summed E-state index contributed by atoms with van der Waals surface area (Å²) in [6.07, 6.45) is 5.03. The molecule has 0 aliphatic heterocycles. The van der Waals surface area contributed by atoms with E-state index in [2.05, 4.69) is 5.32 Å². The molecule has 1 aliphatic carbocycles. The highest BCUT2D eigenvalue weighted by atomic mass is 35.5. The van der Waals surface area contributed by atoms with E-state index in [0.717, 1.165) is 43.2 Å². The van der Waals surface area contributed by atoms with Crippen LogP contribution in [0, 0.1) is 0 Å². The molecule has 0 radical (unpaired) electrons. The summed E-state index contributed by atoms with van der Waals surface area (Å²) in [5.41, 5.74) is 2.50. The van der Waals surface area contributed by atoms with Gasteiger partial charge < -0.3 is 10.1 Å². The molecule has 1 aromatic heterocycles. The molecule has 1 amide bonds. The number of carbonyl (C=O) groups is 2. The second kappa shape index (κ2) is 8.69. The van der Waals surface area contributed by atoms with E-state index < -0.39 is 0 Å². The summed E-state index contributed by atoms with van der Waals surface area (Å²) in [4.78, 5) is 26.2. The van der Waals surface area contributed by atoms with Gasteiger partial charge in [-0.25, -0.2) is 4.79 Å². The highest BCUT2D eigenvalue weighted by Crippen LogP contribution is 2.38. The second-order valence-electron chi connectivity index (χ2n) is 6.40. The SMILES string of the molecule is CCCOC(=O)c1c(NC(=O)Cc2ccc(Cl)cc2)sc2c1CCCC2. The number of fused-ring (bicyclic) bond motifs is 1. The number of rotatable bonds is 6. The molecular formula is C20H22ClNO3S. The van der Waals surface area contributed by atoms with Gasteiger partial charge in [-0.2, -0.15) is 0 Å².